The van der Waals surface area contributed by atoms with E-state index in [1.165, 1.54) is 11.3 Å². The van der Waals surface area contributed by atoms with Crippen molar-refractivity contribution < 1.29 is 4.79 Å². The average Bonchev–Trinajstić information content (AvgIpc) is 3.14. The molecule has 0 bridgehead atoms. The zero-order valence-corrected chi connectivity index (χ0v) is 12.6. The smallest absolute Gasteiger partial charge is 0.263 e. The van der Waals surface area contributed by atoms with E-state index in [0.29, 0.717) is 22.6 Å². The molecule has 1 aliphatic heterocycles. The fourth-order valence-corrected chi connectivity index (χ4v) is 3.45. The molecule has 2 heterocycles. The number of nitrogens with one attached hydrogen (secondary N) is 2. The van der Waals surface area contributed by atoms with Gasteiger partial charge in [-0.3, -0.25) is 4.79 Å². The maximum absolute atomic E-state index is 12.0. The molecule has 2 aliphatic rings. The van der Waals surface area contributed by atoms with Gasteiger partial charge in [-0.25, -0.2) is 0 Å². The van der Waals surface area contributed by atoms with Gasteiger partial charge in [-0.1, -0.05) is 0 Å². The molecule has 20 heavy (non-hydrogen) atoms. The summed E-state index contributed by atoms with van der Waals surface area (Å²) in [5, 5.41) is 7.52. The van der Waals surface area contributed by atoms with Crippen molar-refractivity contribution in [3.63, 3.8) is 0 Å². The predicted molar refractivity (Wildman–Crippen MR) is 83.4 cm³/mol. The highest BCUT2D eigenvalue weighted by molar-refractivity contribution is 7.18. The van der Waals surface area contributed by atoms with E-state index in [1.54, 1.807) is 0 Å². The van der Waals surface area contributed by atoms with Crippen molar-refractivity contribution in [1.82, 2.24) is 10.2 Å². The van der Waals surface area contributed by atoms with Crippen LogP contribution in [0.4, 0.5) is 10.7 Å². The molecule has 1 aromatic rings. The number of amides is 1. The fraction of sp³-hybridized carbons (Fsp3) is 0.643. The Labute approximate surface area is 123 Å². The van der Waals surface area contributed by atoms with E-state index < -0.39 is 0 Å². The first kappa shape index (κ1) is 13.7. The number of thiophene rings is 1. The molecule has 3 rings (SSSR count). The average molecular weight is 294 g/mol. The summed E-state index contributed by atoms with van der Waals surface area (Å²) in [6.07, 6.45) is 4.46. The van der Waals surface area contributed by atoms with E-state index in [4.69, 9.17) is 5.73 Å². The lowest BCUT2D eigenvalue weighted by Crippen LogP contribution is -2.36. The lowest BCUT2D eigenvalue weighted by atomic mass is 10.1. The van der Waals surface area contributed by atoms with Gasteiger partial charge in [-0.05, 0) is 51.9 Å². The van der Waals surface area contributed by atoms with Gasteiger partial charge in [0.15, 0.2) is 0 Å². The molecule has 1 aliphatic carbocycles. The normalized spacial score (nSPS) is 20.9. The Morgan fingerprint density at radius 2 is 2.00 bits per heavy atom. The summed E-state index contributed by atoms with van der Waals surface area (Å²) in [4.78, 5) is 15.0. The summed E-state index contributed by atoms with van der Waals surface area (Å²) in [7, 11) is 2.15. The van der Waals surface area contributed by atoms with Crippen LogP contribution in [0.2, 0.25) is 0 Å². The first-order valence-electron chi connectivity index (χ1n) is 7.27. The Hall–Kier alpha value is -1.27. The Bertz CT molecular complexity index is 489. The van der Waals surface area contributed by atoms with Gasteiger partial charge in [0.25, 0.3) is 5.91 Å². The molecule has 4 N–H and O–H groups in total. The number of anilines is 2. The highest BCUT2D eigenvalue weighted by Gasteiger charge is 2.26. The number of carbonyl (C=O) groups is 1. The number of rotatable bonds is 4. The number of piperidine rings is 1. The summed E-state index contributed by atoms with van der Waals surface area (Å²) in [6, 6.07) is 2.75. The van der Waals surface area contributed by atoms with Gasteiger partial charge in [-0.2, -0.15) is 0 Å². The molecule has 1 saturated carbocycles. The molecule has 110 valence electrons. The first-order valence-corrected chi connectivity index (χ1v) is 8.08. The van der Waals surface area contributed by atoms with E-state index in [-0.39, 0.29) is 5.91 Å². The zero-order chi connectivity index (χ0) is 14.1. The van der Waals surface area contributed by atoms with Gasteiger partial charge >= 0.3 is 0 Å². The quantitative estimate of drug-likeness (QED) is 0.791. The molecule has 6 heteroatoms. The molecule has 1 aromatic heterocycles. The van der Waals surface area contributed by atoms with Crippen LogP contribution in [0.25, 0.3) is 0 Å². The zero-order valence-electron chi connectivity index (χ0n) is 11.8. The van der Waals surface area contributed by atoms with Crippen LogP contribution in [0.1, 0.15) is 35.4 Å². The van der Waals surface area contributed by atoms with Crippen LogP contribution in [0.5, 0.6) is 0 Å². The topological polar surface area (TPSA) is 70.4 Å². The van der Waals surface area contributed by atoms with Gasteiger partial charge in [0, 0.05) is 12.1 Å². The lowest BCUT2D eigenvalue weighted by molar-refractivity contribution is 0.0956. The molecule has 5 nitrogen and oxygen atoms in total. The van der Waals surface area contributed by atoms with Crippen molar-refractivity contribution in [1.29, 1.82) is 0 Å². The molecule has 2 fully saturated rings. The molecule has 1 saturated heterocycles. The van der Waals surface area contributed by atoms with E-state index in [1.807, 2.05) is 6.07 Å². The van der Waals surface area contributed by atoms with E-state index in [9.17, 15) is 4.79 Å². The van der Waals surface area contributed by atoms with Gasteiger partial charge in [0.05, 0.1) is 10.7 Å². The third kappa shape index (κ3) is 3.24. The summed E-state index contributed by atoms with van der Waals surface area (Å²) in [5.74, 6) is -0.0218. The van der Waals surface area contributed by atoms with Gasteiger partial charge < -0.3 is 21.3 Å². The fourth-order valence-electron chi connectivity index (χ4n) is 2.49. The predicted octanol–water partition coefficient (Wildman–Crippen LogP) is 1.73. The summed E-state index contributed by atoms with van der Waals surface area (Å²) in [6.45, 7) is 2.24. The van der Waals surface area contributed by atoms with E-state index in [2.05, 4.69) is 22.6 Å². The highest BCUT2D eigenvalue weighted by Crippen LogP contribution is 2.31. The van der Waals surface area contributed by atoms with Crippen LogP contribution in [0.15, 0.2) is 6.07 Å². The standard InChI is InChI=1S/C14H22N4OS/c1-18-6-4-10(5-7-18)16-12-8-11(15)13(20-12)14(19)17-9-2-3-9/h8-10,16H,2-7,15H2,1H3,(H,17,19). The Balaban J connectivity index is 1.61. The van der Waals surface area contributed by atoms with Crippen LogP contribution in [-0.4, -0.2) is 43.0 Å². The number of hydrogen-bond donors (Lipinski definition) is 3. The second-order valence-electron chi connectivity index (χ2n) is 5.86. The molecule has 0 radical (unpaired) electrons. The molecular weight excluding hydrogens is 272 g/mol. The monoisotopic (exact) mass is 294 g/mol. The number of carbonyl (C=O) groups excluding carboxylic acids is 1. The van der Waals surface area contributed by atoms with Crippen LogP contribution in [0, 0.1) is 0 Å². The number of hydrogen-bond acceptors (Lipinski definition) is 5. The third-order valence-electron chi connectivity index (χ3n) is 3.94. The van der Waals surface area contributed by atoms with Crippen molar-refractivity contribution in [2.75, 3.05) is 31.2 Å². The number of likely N-dealkylation sites (tertiary alicyclic amines) is 1. The van der Waals surface area contributed by atoms with Crippen LogP contribution in [0.3, 0.4) is 0 Å². The van der Waals surface area contributed by atoms with Crippen LogP contribution < -0.4 is 16.4 Å². The number of nitrogens with zero attached hydrogens (tertiary/aromatic N) is 1. The minimum absolute atomic E-state index is 0.0218. The van der Waals surface area contributed by atoms with Crippen molar-refractivity contribution in [2.45, 2.75) is 37.8 Å². The molecule has 0 unspecified atom stereocenters. The van der Waals surface area contributed by atoms with Crippen molar-refractivity contribution in [2.24, 2.45) is 0 Å². The molecule has 0 aromatic carbocycles. The van der Waals surface area contributed by atoms with Crippen LogP contribution in [-0.2, 0) is 0 Å². The van der Waals surface area contributed by atoms with Crippen molar-refractivity contribution in [3.8, 4) is 0 Å². The molecular formula is C14H22N4OS. The molecule has 1 amide bonds. The minimum Gasteiger partial charge on any atom is -0.397 e. The second-order valence-corrected chi connectivity index (χ2v) is 6.92. The highest BCUT2D eigenvalue weighted by atomic mass is 32.1. The van der Waals surface area contributed by atoms with Crippen molar-refractivity contribution in [3.05, 3.63) is 10.9 Å². The molecule has 0 atom stereocenters. The maximum Gasteiger partial charge on any atom is 0.263 e. The minimum atomic E-state index is -0.0218. The number of nitrogen functional groups attached to an aromatic ring is 1. The van der Waals surface area contributed by atoms with Gasteiger partial charge in [-0.15, -0.1) is 11.3 Å². The summed E-state index contributed by atoms with van der Waals surface area (Å²) in [5.41, 5.74) is 6.55. The summed E-state index contributed by atoms with van der Waals surface area (Å²) >= 11 is 1.47. The third-order valence-corrected chi connectivity index (χ3v) is 5.03. The first-order chi connectivity index (χ1) is 9.61. The van der Waals surface area contributed by atoms with E-state index in [0.717, 1.165) is 43.8 Å². The maximum atomic E-state index is 12.0. The number of nitrogens with two attached hydrogens (primary N) is 1. The lowest BCUT2D eigenvalue weighted by Gasteiger charge is -2.29. The largest absolute Gasteiger partial charge is 0.397 e. The Morgan fingerprint density at radius 1 is 1.30 bits per heavy atom. The Kier molecular flexibility index (Phi) is 3.85. The van der Waals surface area contributed by atoms with Gasteiger partial charge in [0.1, 0.15) is 4.88 Å². The van der Waals surface area contributed by atoms with Gasteiger partial charge in [0.2, 0.25) is 0 Å². The SMILES string of the molecule is CN1CCC(Nc2cc(N)c(C(=O)NC3CC3)s2)CC1. The Morgan fingerprint density at radius 3 is 2.65 bits per heavy atom. The molecule has 0 spiro atoms. The van der Waals surface area contributed by atoms with E-state index >= 15 is 0 Å². The summed E-state index contributed by atoms with van der Waals surface area (Å²) < 4.78 is 0. The van der Waals surface area contributed by atoms with Crippen molar-refractivity contribution >= 4 is 27.9 Å². The second kappa shape index (κ2) is 5.61. The van der Waals surface area contributed by atoms with Crippen LogP contribution >= 0.6 is 11.3 Å².